The van der Waals surface area contributed by atoms with Crippen LogP contribution in [0.15, 0.2) is 42.5 Å². The first-order valence-corrected chi connectivity index (χ1v) is 8.56. The Morgan fingerprint density at radius 1 is 1.04 bits per heavy atom. The highest BCUT2D eigenvalue weighted by molar-refractivity contribution is 6.23. The minimum absolute atomic E-state index is 0.257. The van der Waals surface area contributed by atoms with Gasteiger partial charge in [-0.1, -0.05) is 24.3 Å². The summed E-state index contributed by atoms with van der Waals surface area (Å²) in [5.74, 6) is -1.90. The van der Waals surface area contributed by atoms with Gasteiger partial charge < -0.3 is 4.90 Å². The molecule has 1 atom stereocenters. The average Bonchev–Trinajstić information content (AvgIpc) is 2.91. The van der Waals surface area contributed by atoms with Gasteiger partial charge in [0.1, 0.15) is 11.9 Å². The first-order chi connectivity index (χ1) is 12.5. The number of hydrogen-bond acceptors (Lipinski definition) is 3. The first-order valence-electron chi connectivity index (χ1n) is 8.56. The van der Waals surface area contributed by atoms with Crippen molar-refractivity contribution in [3.8, 4) is 0 Å². The molecule has 0 spiro atoms. The van der Waals surface area contributed by atoms with Gasteiger partial charge in [0.15, 0.2) is 0 Å². The molecule has 0 saturated heterocycles. The minimum Gasteiger partial charge on any atom is -0.308 e. The molecule has 132 valence electrons. The summed E-state index contributed by atoms with van der Waals surface area (Å²) in [7, 11) is 0. The van der Waals surface area contributed by atoms with Crippen molar-refractivity contribution < 1.29 is 18.8 Å². The van der Waals surface area contributed by atoms with Crippen molar-refractivity contribution in [1.82, 2.24) is 4.90 Å². The molecule has 2 heterocycles. The number of imide groups is 1. The Morgan fingerprint density at radius 3 is 2.35 bits per heavy atom. The fourth-order valence-electron chi connectivity index (χ4n) is 3.72. The summed E-state index contributed by atoms with van der Waals surface area (Å²) in [5.41, 5.74) is 1.61. The molecule has 26 heavy (non-hydrogen) atoms. The van der Waals surface area contributed by atoms with E-state index in [-0.39, 0.29) is 5.69 Å². The molecule has 2 aromatic carbocycles. The number of fused-ring (bicyclic) bond motifs is 2. The number of hydrogen-bond donors (Lipinski definition) is 0. The lowest BCUT2D eigenvalue weighted by atomic mass is 10.0. The number of anilines is 1. The van der Waals surface area contributed by atoms with Gasteiger partial charge in [-0.25, -0.2) is 4.39 Å². The second-order valence-corrected chi connectivity index (χ2v) is 6.54. The Bertz CT molecular complexity index is 905. The monoisotopic (exact) mass is 352 g/mol. The number of rotatable bonds is 2. The van der Waals surface area contributed by atoms with E-state index in [1.54, 1.807) is 36.4 Å². The maximum absolute atomic E-state index is 14.3. The molecule has 2 aromatic rings. The zero-order valence-corrected chi connectivity index (χ0v) is 14.2. The number of amides is 3. The van der Waals surface area contributed by atoms with E-state index in [1.165, 1.54) is 17.9 Å². The fourth-order valence-corrected chi connectivity index (χ4v) is 3.72. The molecule has 0 aromatic heterocycles. The highest BCUT2D eigenvalue weighted by atomic mass is 19.1. The van der Waals surface area contributed by atoms with Crippen LogP contribution in [-0.2, 0) is 11.2 Å². The third-order valence-electron chi connectivity index (χ3n) is 5.00. The van der Waals surface area contributed by atoms with Crippen molar-refractivity contribution in [3.63, 3.8) is 0 Å². The van der Waals surface area contributed by atoms with E-state index in [9.17, 15) is 18.8 Å². The summed E-state index contributed by atoms with van der Waals surface area (Å²) in [4.78, 5) is 40.6. The quantitative estimate of drug-likeness (QED) is 0.781. The second-order valence-electron chi connectivity index (χ2n) is 6.54. The third-order valence-corrected chi connectivity index (χ3v) is 5.00. The molecule has 0 saturated carbocycles. The van der Waals surface area contributed by atoms with Crippen LogP contribution in [0.4, 0.5) is 10.1 Å². The van der Waals surface area contributed by atoms with Gasteiger partial charge in [0, 0.05) is 6.54 Å². The highest BCUT2D eigenvalue weighted by Crippen LogP contribution is 2.32. The number of para-hydroxylation sites is 1. The van der Waals surface area contributed by atoms with Gasteiger partial charge in [-0.2, -0.15) is 0 Å². The Kier molecular flexibility index (Phi) is 3.83. The van der Waals surface area contributed by atoms with E-state index in [0.717, 1.165) is 10.5 Å². The molecule has 0 radical (unpaired) electrons. The number of carbonyl (C=O) groups excluding carboxylic acids is 3. The largest absolute Gasteiger partial charge is 0.308 e. The predicted molar refractivity (Wildman–Crippen MR) is 93.5 cm³/mol. The van der Waals surface area contributed by atoms with Gasteiger partial charge in [0.25, 0.3) is 11.8 Å². The van der Waals surface area contributed by atoms with E-state index in [0.29, 0.717) is 30.5 Å². The average molecular weight is 352 g/mol. The van der Waals surface area contributed by atoms with Crippen molar-refractivity contribution >= 4 is 23.4 Å². The molecule has 2 aliphatic rings. The summed E-state index contributed by atoms with van der Waals surface area (Å²) < 4.78 is 14.3. The van der Waals surface area contributed by atoms with Crippen molar-refractivity contribution in [3.05, 3.63) is 65.0 Å². The molecule has 4 rings (SSSR count). The van der Waals surface area contributed by atoms with Crippen LogP contribution in [0.25, 0.3) is 0 Å². The van der Waals surface area contributed by atoms with E-state index < -0.39 is 29.6 Å². The topological polar surface area (TPSA) is 57.7 Å². The zero-order valence-electron chi connectivity index (χ0n) is 14.2. The molecule has 0 fully saturated rings. The lowest BCUT2D eigenvalue weighted by Crippen LogP contribution is -2.51. The van der Waals surface area contributed by atoms with Crippen LogP contribution in [0.5, 0.6) is 0 Å². The summed E-state index contributed by atoms with van der Waals surface area (Å²) in [5, 5.41) is 0. The maximum Gasteiger partial charge on any atom is 0.262 e. The van der Waals surface area contributed by atoms with Crippen LogP contribution in [0.1, 0.15) is 39.6 Å². The first kappa shape index (κ1) is 16.4. The van der Waals surface area contributed by atoms with E-state index in [4.69, 9.17) is 0 Å². The van der Waals surface area contributed by atoms with Gasteiger partial charge in [-0.3, -0.25) is 19.3 Å². The highest BCUT2D eigenvalue weighted by Gasteiger charge is 2.42. The molecule has 1 unspecified atom stereocenters. The van der Waals surface area contributed by atoms with Gasteiger partial charge in [0.05, 0.1) is 16.8 Å². The van der Waals surface area contributed by atoms with Crippen LogP contribution in [0.2, 0.25) is 0 Å². The molecular formula is C20H17FN2O3. The van der Waals surface area contributed by atoms with Gasteiger partial charge in [-0.15, -0.1) is 0 Å². The smallest absolute Gasteiger partial charge is 0.262 e. The zero-order chi connectivity index (χ0) is 18.4. The van der Waals surface area contributed by atoms with Crippen LogP contribution in [0.3, 0.4) is 0 Å². The number of carbonyl (C=O) groups is 3. The van der Waals surface area contributed by atoms with Gasteiger partial charge in [-0.05, 0) is 43.5 Å². The minimum atomic E-state index is -1.01. The Balaban J connectivity index is 1.67. The molecule has 0 bridgehead atoms. The van der Waals surface area contributed by atoms with Crippen LogP contribution in [-0.4, -0.2) is 35.2 Å². The standard InChI is InChI=1S/C20H17FN2O3/c1-12(23-19(25)14-8-2-3-9-15(14)20(23)26)18(24)22-11-5-7-13-6-4-10-16(21)17(13)22/h2-4,6,8-10,12H,5,7,11H2,1H3. The van der Waals surface area contributed by atoms with E-state index in [1.807, 2.05) is 0 Å². The Hall–Kier alpha value is -3.02. The molecule has 6 heteroatoms. The summed E-state index contributed by atoms with van der Waals surface area (Å²) in [6.45, 7) is 1.87. The number of nitrogens with zero attached hydrogens (tertiary/aromatic N) is 2. The molecular weight excluding hydrogens is 335 g/mol. The number of halogens is 1. The van der Waals surface area contributed by atoms with Crippen LogP contribution >= 0.6 is 0 Å². The van der Waals surface area contributed by atoms with Crippen molar-refractivity contribution in [1.29, 1.82) is 0 Å². The van der Waals surface area contributed by atoms with E-state index in [2.05, 4.69) is 0 Å². The molecule has 0 N–H and O–H groups in total. The third kappa shape index (κ3) is 2.33. The lowest BCUT2D eigenvalue weighted by Gasteiger charge is -2.33. The van der Waals surface area contributed by atoms with Crippen LogP contribution in [0, 0.1) is 5.82 Å². The van der Waals surface area contributed by atoms with Crippen molar-refractivity contribution in [2.45, 2.75) is 25.8 Å². The molecule has 3 amide bonds. The van der Waals surface area contributed by atoms with Gasteiger partial charge >= 0.3 is 0 Å². The lowest BCUT2D eigenvalue weighted by molar-refractivity contribution is -0.122. The number of benzene rings is 2. The van der Waals surface area contributed by atoms with Crippen molar-refractivity contribution in [2.24, 2.45) is 0 Å². The second kappa shape index (κ2) is 6.05. The molecule has 2 aliphatic heterocycles. The number of aryl methyl sites for hydroxylation is 1. The maximum atomic E-state index is 14.3. The SMILES string of the molecule is CC(C(=O)N1CCCc2cccc(F)c21)N1C(=O)c2ccccc2C1=O. The van der Waals surface area contributed by atoms with Gasteiger partial charge in [0.2, 0.25) is 5.91 Å². The predicted octanol–water partition coefficient (Wildman–Crippen LogP) is 2.79. The molecule has 0 aliphatic carbocycles. The Morgan fingerprint density at radius 2 is 1.69 bits per heavy atom. The summed E-state index contributed by atoms with van der Waals surface area (Å²) in [6.07, 6.45) is 1.40. The Labute approximate surface area is 150 Å². The van der Waals surface area contributed by atoms with Crippen molar-refractivity contribution in [2.75, 3.05) is 11.4 Å². The fraction of sp³-hybridized carbons (Fsp3) is 0.250. The van der Waals surface area contributed by atoms with E-state index >= 15 is 0 Å². The normalized spacial score (nSPS) is 17.2. The summed E-state index contributed by atoms with van der Waals surface area (Å²) >= 11 is 0. The van der Waals surface area contributed by atoms with Crippen LogP contribution < -0.4 is 4.90 Å². The molecule has 5 nitrogen and oxygen atoms in total. The summed E-state index contributed by atoms with van der Waals surface area (Å²) in [6, 6.07) is 10.2.